The van der Waals surface area contributed by atoms with Crippen molar-refractivity contribution in [2.75, 3.05) is 28.2 Å². The van der Waals surface area contributed by atoms with Gasteiger partial charge in [0.1, 0.15) is 0 Å². The number of carbonyl (C=O) groups is 2. The summed E-state index contributed by atoms with van der Waals surface area (Å²) >= 11 is 0. The third-order valence-electron chi connectivity index (χ3n) is 4.34. The van der Waals surface area contributed by atoms with Crippen molar-refractivity contribution in [3.05, 3.63) is 47.8 Å². The molecule has 1 saturated heterocycles. The number of fused-ring (bicyclic) bond motifs is 1. The number of nitrogens with one attached hydrogen (secondary N) is 1. The molecular formula is C17H16N4O2. The van der Waals surface area contributed by atoms with E-state index in [1.54, 1.807) is 22.2 Å². The molecule has 0 atom stereocenters. The van der Waals surface area contributed by atoms with Crippen LogP contribution in [0.2, 0.25) is 0 Å². The fourth-order valence-electron chi connectivity index (χ4n) is 3.12. The third-order valence-corrected chi connectivity index (χ3v) is 4.34. The maximum absolute atomic E-state index is 12.8. The van der Waals surface area contributed by atoms with Gasteiger partial charge in [-0.15, -0.1) is 0 Å². The average Bonchev–Trinajstić information content (AvgIpc) is 3.09. The number of rotatable bonds is 2. The Morgan fingerprint density at radius 1 is 1.13 bits per heavy atom. The molecule has 4 rings (SSSR count). The lowest BCUT2D eigenvalue weighted by Crippen LogP contribution is -2.32. The molecule has 0 spiro atoms. The lowest BCUT2D eigenvalue weighted by Gasteiger charge is -2.20. The largest absolute Gasteiger partial charge is 0.329 e. The number of nitrogens with zero attached hydrogens (tertiary/aromatic N) is 3. The predicted molar refractivity (Wildman–Crippen MR) is 87.8 cm³/mol. The number of pyridine rings is 1. The molecular weight excluding hydrogens is 292 g/mol. The van der Waals surface area contributed by atoms with E-state index in [0.29, 0.717) is 19.5 Å². The van der Waals surface area contributed by atoms with Crippen molar-refractivity contribution in [2.24, 2.45) is 0 Å². The summed E-state index contributed by atoms with van der Waals surface area (Å²) in [6.07, 6.45) is 3.82. The maximum Gasteiger partial charge on any atom is 0.329 e. The zero-order valence-electron chi connectivity index (χ0n) is 12.7. The summed E-state index contributed by atoms with van der Waals surface area (Å²) in [4.78, 5) is 31.8. The number of benzene rings is 1. The van der Waals surface area contributed by atoms with Gasteiger partial charge in [0, 0.05) is 30.7 Å². The number of anilines is 3. The lowest BCUT2D eigenvalue weighted by atomic mass is 10.1. The zero-order chi connectivity index (χ0) is 16.0. The Labute approximate surface area is 133 Å². The van der Waals surface area contributed by atoms with Crippen LogP contribution in [0.4, 0.5) is 21.9 Å². The molecule has 1 aromatic carbocycles. The van der Waals surface area contributed by atoms with Gasteiger partial charge >= 0.3 is 6.03 Å². The van der Waals surface area contributed by atoms with Crippen LogP contribution in [0.15, 0.2) is 36.7 Å². The first kappa shape index (κ1) is 13.8. The number of hydrogen-bond acceptors (Lipinski definition) is 3. The van der Waals surface area contributed by atoms with E-state index in [1.165, 1.54) is 0 Å². The van der Waals surface area contributed by atoms with Gasteiger partial charge in [-0.1, -0.05) is 0 Å². The molecule has 2 aromatic rings. The van der Waals surface area contributed by atoms with Gasteiger partial charge < -0.3 is 5.32 Å². The second kappa shape index (κ2) is 5.08. The minimum absolute atomic E-state index is 0.00231. The van der Waals surface area contributed by atoms with Gasteiger partial charge in [-0.25, -0.2) is 4.79 Å². The highest BCUT2D eigenvalue weighted by Crippen LogP contribution is 2.31. The third kappa shape index (κ3) is 2.23. The second-order valence-electron chi connectivity index (χ2n) is 5.81. The molecule has 116 valence electrons. The lowest BCUT2D eigenvalue weighted by molar-refractivity contribution is -0.115. The van der Waals surface area contributed by atoms with E-state index in [2.05, 4.69) is 10.3 Å². The van der Waals surface area contributed by atoms with Crippen LogP contribution in [-0.2, 0) is 11.2 Å². The molecule has 2 aliphatic heterocycles. The summed E-state index contributed by atoms with van der Waals surface area (Å²) in [6, 6.07) is 7.50. The van der Waals surface area contributed by atoms with Crippen molar-refractivity contribution < 1.29 is 9.59 Å². The Kier molecular flexibility index (Phi) is 3.04. The second-order valence-corrected chi connectivity index (χ2v) is 5.81. The normalized spacial score (nSPS) is 16.7. The Bertz CT molecular complexity index is 818. The molecule has 2 aliphatic rings. The molecule has 3 amide bonds. The van der Waals surface area contributed by atoms with Crippen molar-refractivity contribution >= 4 is 29.0 Å². The van der Waals surface area contributed by atoms with Crippen LogP contribution in [0.3, 0.4) is 0 Å². The standard InChI is InChI=1S/C17H16N4O2/c1-11-4-5-18-10-15(11)21-7-6-20(17(21)23)13-2-3-14-12(8-13)9-16(22)19-14/h2-5,8,10H,6-7,9H2,1H3,(H,19,22). The Hall–Kier alpha value is -2.89. The molecule has 0 aliphatic carbocycles. The summed E-state index contributed by atoms with van der Waals surface area (Å²) in [5, 5.41) is 2.81. The molecule has 0 saturated carbocycles. The summed E-state index contributed by atoms with van der Waals surface area (Å²) in [5.74, 6) is -0.00231. The predicted octanol–water partition coefficient (Wildman–Crippen LogP) is 2.33. The van der Waals surface area contributed by atoms with Gasteiger partial charge in [-0.2, -0.15) is 0 Å². The average molecular weight is 308 g/mol. The van der Waals surface area contributed by atoms with E-state index < -0.39 is 0 Å². The van der Waals surface area contributed by atoms with E-state index in [1.807, 2.05) is 31.2 Å². The molecule has 0 radical (unpaired) electrons. The van der Waals surface area contributed by atoms with Gasteiger partial charge in [-0.05, 0) is 42.3 Å². The van der Waals surface area contributed by atoms with E-state index in [0.717, 1.165) is 28.2 Å². The van der Waals surface area contributed by atoms with Crippen LogP contribution in [0.25, 0.3) is 0 Å². The number of carbonyl (C=O) groups excluding carboxylic acids is 2. The number of urea groups is 1. The molecule has 6 heteroatoms. The van der Waals surface area contributed by atoms with Crippen LogP contribution in [0.1, 0.15) is 11.1 Å². The smallest absolute Gasteiger partial charge is 0.326 e. The summed E-state index contributed by atoms with van der Waals surface area (Å²) in [6.45, 7) is 3.21. The Balaban J connectivity index is 1.63. The van der Waals surface area contributed by atoms with Crippen LogP contribution in [0.5, 0.6) is 0 Å². The summed E-state index contributed by atoms with van der Waals surface area (Å²) in [7, 11) is 0. The minimum Gasteiger partial charge on any atom is -0.326 e. The minimum atomic E-state index is -0.0571. The molecule has 6 nitrogen and oxygen atoms in total. The van der Waals surface area contributed by atoms with Crippen molar-refractivity contribution in [1.82, 2.24) is 4.98 Å². The highest BCUT2D eigenvalue weighted by atomic mass is 16.2. The highest BCUT2D eigenvalue weighted by Gasteiger charge is 2.32. The van der Waals surface area contributed by atoms with Gasteiger partial charge in [0.15, 0.2) is 0 Å². The first-order valence-corrected chi connectivity index (χ1v) is 7.56. The molecule has 1 aromatic heterocycles. The quantitative estimate of drug-likeness (QED) is 0.926. The molecule has 3 heterocycles. The van der Waals surface area contributed by atoms with Crippen molar-refractivity contribution in [3.63, 3.8) is 0 Å². The first-order valence-electron chi connectivity index (χ1n) is 7.56. The van der Waals surface area contributed by atoms with Gasteiger partial charge in [0.25, 0.3) is 0 Å². The molecule has 0 unspecified atom stereocenters. The SMILES string of the molecule is Cc1ccncc1N1CCN(c2ccc3c(c2)CC(=O)N3)C1=O. The first-order chi connectivity index (χ1) is 11.1. The fourth-order valence-corrected chi connectivity index (χ4v) is 3.12. The van der Waals surface area contributed by atoms with E-state index in [4.69, 9.17) is 0 Å². The van der Waals surface area contributed by atoms with Crippen molar-refractivity contribution in [2.45, 2.75) is 13.3 Å². The summed E-state index contributed by atoms with van der Waals surface area (Å²) in [5.41, 5.74) is 4.48. The van der Waals surface area contributed by atoms with E-state index in [-0.39, 0.29) is 11.9 Å². The van der Waals surface area contributed by atoms with Crippen LogP contribution in [0, 0.1) is 6.92 Å². The highest BCUT2D eigenvalue weighted by molar-refractivity contribution is 6.07. The topological polar surface area (TPSA) is 65.5 Å². The zero-order valence-corrected chi connectivity index (χ0v) is 12.7. The Morgan fingerprint density at radius 2 is 1.96 bits per heavy atom. The monoisotopic (exact) mass is 308 g/mol. The Morgan fingerprint density at radius 3 is 2.78 bits per heavy atom. The molecule has 1 fully saturated rings. The van der Waals surface area contributed by atoms with Crippen LogP contribution < -0.4 is 15.1 Å². The molecule has 0 bridgehead atoms. The van der Waals surface area contributed by atoms with E-state index in [9.17, 15) is 9.59 Å². The van der Waals surface area contributed by atoms with Crippen molar-refractivity contribution in [3.8, 4) is 0 Å². The summed E-state index contributed by atoms with van der Waals surface area (Å²) < 4.78 is 0. The van der Waals surface area contributed by atoms with Crippen LogP contribution >= 0.6 is 0 Å². The number of hydrogen-bond donors (Lipinski definition) is 1. The fraction of sp³-hybridized carbons (Fsp3) is 0.235. The van der Waals surface area contributed by atoms with Gasteiger partial charge in [0.2, 0.25) is 5.91 Å². The maximum atomic E-state index is 12.8. The van der Waals surface area contributed by atoms with E-state index >= 15 is 0 Å². The van der Waals surface area contributed by atoms with Crippen molar-refractivity contribution in [1.29, 1.82) is 0 Å². The number of aromatic nitrogens is 1. The van der Waals surface area contributed by atoms with Crippen LogP contribution in [-0.4, -0.2) is 30.0 Å². The molecule has 23 heavy (non-hydrogen) atoms. The number of aryl methyl sites for hydroxylation is 1. The number of amides is 3. The van der Waals surface area contributed by atoms with Gasteiger partial charge in [-0.3, -0.25) is 19.6 Å². The molecule has 1 N–H and O–H groups in total. The van der Waals surface area contributed by atoms with Gasteiger partial charge in [0.05, 0.1) is 18.3 Å².